The van der Waals surface area contributed by atoms with Crippen LogP contribution in [0.3, 0.4) is 0 Å². The molecule has 0 unspecified atom stereocenters. The molecule has 106 valence electrons. The number of hydrogen-bond acceptors (Lipinski definition) is 4. The van der Waals surface area contributed by atoms with Crippen molar-refractivity contribution in [1.82, 2.24) is 9.97 Å². The summed E-state index contributed by atoms with van der Waals surface area (Å²) in [5.41, 5.74) is 3.38. The largest absolute Gasteiger partial charge is 0.416 e. The molecule has 1 aromatic heterocycles. The molecule has 0 saturated carbocycles. The second-order valence-electron chi connectivity index (χ2n) is 4.33. The molecule has 2 aromatic rings. The van der Waals surface area contributed by atoms with Gasteiger partial charge in [-0.1, -0.05) is 12.1 Å². The van der Waals surface area contributed by atoms with Crippen LogP contribution in [0.1, 0.15) is 16.8 Å². The summed E-state index contributed by atoms with van der Waals surface area (Å²) in [6, 6.07) is 4.88. The van der Waals surface area contributed by atoms with Crippen molar-refractivity contribution in [3.8, 4) is 11.4 Å². The van der Waals surface area contributed by atoms with Gasteiger partial charge in [-0.05, 0) is 26.0 Å². The zero-order valence-electron chi connectivity index (χ0n) is 10.9. The van der Waals surface area contributed by atoms with Gasteiger partial charge in [0.05, 0.1) is 5.56 Å². The number of nitrogens with zero attached hydrogens (tertiary/aromatic N) is 2. The third-order valence-electron chi connectivity index (χ3n) is 2.97. The molecule has 7 heteroatoms. The molecule has 0 bridgehead atoms. The summed E-state index contributed by atoms with van der Waals surface area (Å²) in [4.78, 5) is 8.33. The molecule has 1 aromatic carbocycles. The number of nitrogen functional groups attached to an aromatic ring is 1. The zero-order valence-corrected chi connectivity index (χ0v) is 10.9. The van der Waals surface area contributed by atoms with Crippen molar-refractivity contribution in [2.24, 2.45) is 5.84 Å². The molecule has 0 atom stereocenters. The van der Waals surface area contributed by atoms with E-state index in [1.54, 1.807) is 13.8 Å². The van der Waals surface area contributed by atoms with Crippen LogP contribution in [-0.4, -0.2) is 9.97 Å². The van der Waals surface area contributed by atoms with Crippen LogP contribution in [0.5, 0.6) is 0 Å². The van der Waals surface area contributed by atoms with Crippen molar-refractivity contribution >= 4 is 5.82 Å². The Labute approximate surface area is 113 Å². The minimum absolute atomic E-state index is 0.201. The van der Waals surface area contributed by atoms with Crippen LogP contribution in [0.25, 0.3) is 11.4 Å². The third-order valence-corrected chi connectivity index (χ3v) is 2.97. The van der Waals surface area contributed by atoms with Gasteiger partial charge in [-0.25, -0.2) is 15.8 Å². The van der Waals surface area contributed by atoms with Crippen LogP contribution in [0.4, 0.5) is 19.0 Å². The van der Waals surface area contributed by atoms with Crippen molar-refractivity contribution < 1.29 is 13.2 Å². The normalized spacial score (nSPS) is 11.5. The molecule has 0 fully saturated rings. The number of anilines is 1. The number of aromatic nitrogens is 2. The van der Waals surface area contributed by atoms with Gasteiger partial charge in [0.2, 0.25) is 0 Å². The van der Waals surface area contributed by atoms with Crippen LogP contribution in [0, 0.1) is 13.8 Å². The van der Waals surface area contributed by atoms with E-state index in [1.807, 2.05) is 0 Å². The highest BCUT2D eigenvalue weighted by Gasteiger charge is 2.30. The van der Waals surface area contributed by atoms with E-state index in [2.05, 4.69) is 15.4 Å². The van der Waals surface area contributed by atoms with Gasteiger partial charge in [0, 0.05) is 16.8 Å². The lowest BCUT2D eigenvalue weighted by molar-refractivity contribution is -0.137. The van der Waals surface area contributed by atoms with Crippen LogP contribution in [0.2, 0.25) is 0 Å². The van der Waals surface area contributed by atoms with Gasteiger partial charge in [0.1, 0.15) is 5.82 Å². The molecule has 0 saturated heterocycles. The number of aryl methyl sites for hydroxylation is 1. The summed E-state index contributed by atoms with van der Waals surface area (Å²) < 4.78 is 38.1. The fourth-order valence-corrected chi connectivity index (χ4v) is 1.73. The number of hydrazine groups is 1. The number of hydrogen-bond donors (Lipinski definition) is 2. The number of rotatable bonds is 2. The number of nitrogens with two attached hydrogens (primary N) is 1. The Morgan fingerprint density at radius 3 is 2.45 bits per heavy atom. The van der Waals surface area contributed by atoms with Crippen LogP contribution in [0.15, 0.2) is 24.3 Å². The first kappa shape index (κ1) is 14.3. The minimum atomic E-state index is -4.40. The van der Waals surface area contributed by atoms with Crippen LogP contribution >= 0.6 is 0 Å². The Kier molecular flexibility index (Phi) is 3.63. The SMILES string of the molecule is Cc1nc(-c2cccc(C(F)(F)F)c2)nc(NN)c1C. The van der Waals surface area contributed by atoms with Gasteiger partial charge in [-0.15, -0.1) is 0 Å². The van der Waals surface area contributed by atoms with Crippen molar-refractivity contribution in [1.29, 1.82) is 0 Å². The first-order chi connectivity index (χ1) is 9.32. The highest BCUT2D eigenvalue weighted by Crippen LogP contribution is 2.31. The number of nitrogens with one attached hydrogen (secondary N) is 1. The fourth-order valence-electron chi connectivity index (χ4n) is 1.73. The summed E-state index contributed by atoms with van der Waals surface area (Å²) >= 11 is 0. The highest BCUT2D eigenvalue weighted by atomic mass is 19.4. The zero-order chi connectivity index (χ0) is 14.9. The first-order valence-electron chi connectivity index (χ1n) is 5.82. The topological polar surface area (TPSA) is 63.8 Å². The predicted octanol–water partition coefficient (Wildman–Crippen LogP) is 3.06. The molecule has 0 spiro atoms. The van der Waals surface area contributed by atoms with Gasteiger partial charge in [-0.2, -0.15) is 13.2 Å². The van der Waals surface area contributed by atoms with Crippen molar-refractivity contribution in [2.45, 2.75) is 20.0 Å². The third kappa shape index (κ3) is 2.72. The lowest BCUT2D eigenvalue weighted by Gasteiger charge is -2.11. The molecule has 0 aliphatic heterocycles. The Balaban J connectivity index is 2.55. The first-order valence-corrected chi connectivity index (χ1v) is 5.82. The highest BCUT2D eigenvalue weighted by molar-refractivity contribution is 5.60. The smallest absolute Gasteiger partial charge is 0.308 e. The maximum absolute atomic E-state index is 12.7. The molecule has 2 rings (SSSR count). The van der Waals surface area contributed by atoms with Crippen LogP contribution < -0.4 is 11.3 Å². The molecule has 1 heterocycles. The van der Waals surface area contributed by atoms with E-state index in [0.717, 1.165) is 17.7 Å². The van der Waals surface area contributed by atoms with E-state index >= 15 is 0 Å². The van der Waals surface area contributed by atoms with E-state index in [9.17, 15) is 13.2 Å². The summed E-state index contributed by atoms with van der Waals surface area (Å²) in [5, 5.41) is 0. The molecule has 0 amide bonds. The maximum atomic E-state index is 12.7. The molecule has 0 radical (unpaired) electrons. The molecular formula is C13H13F3N4. The van der Waals surface area contributed by atoms with E-state index in [4.69, 9.17) is 5.84 Å². The second kappa shape index (κ2) is 5.09. The average Bonchev–Trinajstić information content (AvgIpc) is 2.41. The number of alkyl halides is 3. The Morgan fingerprint density at radius 2 is 1.85 bits per heavy atom. The van der Waals surface area contributed by atoms with Gasteiger partial charge >= 0.3 is 6.18 Å². The summed E-state index contributed by atoms with van der Waals surface area (Å²) in [5.74, 6) is 5.94. The Bertz CT molecular complexity index is 638. The minimum Gasteiger partial charge on any atom is -0.308 e. The van der Waals surface area contributed by atoms with E-state index < -0.39 is 11.7 Å². The molecule has 4 nitrogen and oxygen atoms in total. The summed E-state index contributed by atoms with van der Waals surface area (Å²) in [6.07, 6.45) is -4.40. The molecule has 20 heavy (non-hydrogen) atoms. The van der Waals surface area contributed by atoms with Crippen molar-refractivity contribution in [2.75, 3.05) is 5.43 Å². The maximum Gasteiger partial charge on any atom is 0.416 e. The lowest BCUT2D eigenvalue weighted by atomic mass is 10.1. The predicted molar refractivity (Wildman–Crippen MR) is 69.8 cm³/mol. The lowest BCUT2D eigenvalue weighted by Crippen LogP contribution is -2.12. The van der Waals surface area contributed by atoms with Gasteiger partial charge in [0.15, 0.2) is 5.82 Å². The van der Waals surface area contributed by atoms with Crippen molar-refractivity contribution in [3.63, 3.8) is 0 Å². The van der Waals surface area contributed by atoms with Gasteiger partial charge < -0.3 is 5.43 Å². The molecule has 3 N–H and O–H groups in total. The Morgan fingerprint density at radius 1 is 1.15 bits per heavy atom. The molecule has 0 aliphatic rings. The monoisotopic (exact) mass is 282 g/mol. The summed E-state index contributed by atoms with van der Waals surface area (Å²) in [7, 11) is 0. The number of benzene rings is 1. The van der Waals surface area contributed by atoms with Crippen LogP contribution in [-0.2, 0) is 6.18 Å². The van der Waals surface area contributed by atoms with Crippen molar-refractivity contribution in [3.05, 3.63) is 41.1 Å². The standard InChI is InChI=1S/C13H13F3N4/c1-7-8(2)18-12(19-11(7)20-17)9-4-3-5-10(6-9)13(14,15)16/h3-6H,17H2,1-2H3,(H,18,19,20). The number of halogens is 3. The summed E-state index contributed by atoms with van der Waals surface area (Å²) in [6.45, 7) is 3.52. The van der Waals surface area contributed by atoms with Gasteiger partial charge in [-0.3, -0.25) is 0 Å². The van der Waals surface area contributed by atoms with E-state index in [1.165, 1.54) is 12.1 Å². The quantitative estimate of drug-likeness (QED) is 0.656. The Hall–Kier alpha value is -2.15. The molecule has 0 aliphatic carbocycles. The second-order valence-corrected chi connectivity index (χ2v) is 4.33. The fraction of sp³-hybridized carbons (Fsp3) is 0.231. The average molecular weight is 282 g/mol. The van der Waals surface area contributed by atoms with Gasteiger partial charge in [0.25, 0.3) is 0 Å². The van der Waals surface area contributed by atoms with E-state index in [0.29, 0.717) is 17.1 Å². The van der Waals surface area contributed by atoms with E-state index in [-0.39, 0.29) is 5.82 Å². The molecular weight excluding hydrogens is 269 g/mol.